The Labute approximate surface area is 329 Å². The highest BCUT2D eigenvalue weighted by Crippen LogP contribution is 2.43. The van der Waals surface area contributed by atoms with Crippen molar-refractivity contribution in [3.63, 3.8) is 0 Å². The van der Waals surface area contributed by atoms with Crippen LogP contribution in [0.15, 0.2) is 205 Å². The summed E-state index contributed by atoms with van der Waals surface area (Å²) in [6, 6.07) is 69.9. The average Bonchev–Trinajstić information content (AvgIpc) is 3.67. The smallest absolute Gasteiger partial charge is 0.164 e. The zero-order valence-electron chi connectivity index (χ0n) is 30.8. The lowest BCUT2D eigenvalue weighted by Gasteiger charge is -2.14. The minimum atomic E-state index is 0.620. The molecule has 0 radical (unpaired) electrons. The molecule has 0 bridgehead atoms. The maximum absolute atomic E-state index is 6.52. The molecule has 0 aliphatic rings. The molecule has 0 aliphatic heterocycles. The molecule has 0 N–H and O–H groups in total. The molecule has 0 saturated heterocycles. The summed E-state index contributed by atoms with van der Waals surface area (Å²) in [7, 11) is 0. The lowest BCUT2D eigenvalue weighted by atomic mass is 9.90. The summed E-state index contributed by atoms with van der Waals surface area (Å²) in [5, 5.41) is 6.66. The Morgan fingerprint density at radius 2 is 0.825 bits per heavy atom. The van der Waals surface area contributed by atoms with E-state index in [1.807, 2.05) is 24.3 Å². The average molecular weight is 728 g/mol. The Bertz CT molecular complexity index is 3280. The first-order valence-corrected chi connectivity index (χ1v) is 19.2. The molecule has 0 saturated carbocycles. The third-order valence-electron chi connectivity index (χ3n) is 10.9. The van der Waals surface area contributed by atoms with Gasteiger partial charge in [-0.15, -0.1) is 0 Å². The van der Waals surface area contributed by atoms with Crippen molar-refractivity contribution in [1.82, 2.24) is 15.0 Å². The zero-order valence-corrected chi connectivity index (χ0v) is 30.8. The molecule has 2 heterocycles. The molecule has 0 unspecified atom stereocenters. The van der Waals surface area contributed by atoms with E-state index in [0.29, 0.717) is 17.5 Å². The molecule has 4 heteroatoms. The molecule has 266 valence electrons. The maximum atomic E-state index is 6.52. The quantitative estimate of drug-likeness (QED) is 0.171. The molecule has 2 aromatic heterocycles. The van der Waals surface area contributed by atoms with Gasteiger partial charge < -0.3 is 4.42 Å². The van der Waals surface area contributed by atoms with E-state index in [1.165, 1.54) is 10.9 Å². The van der Waals surface area contributed by atoms with Crippen molar-refractivity contribution in [3.8, 4) is 67.5 Å². The highest BCUT2D eigenvalue weighted by molar-refractivity contribution is 6.17. The number of nitrogens with zero attached hydrogens (tertiary/aromatic N) is 3. The fraction of sp³-hybridized carbons (Fsp3) is 0. The van der Waals surface area contributed by atoms with Gasteiger partial charge in [0.25, 0.3) is 0 Å². The van der Waals surface area contributed by atoms with Gasteiger partial charge in [0.05, 0.1) is 0 Å². The summed E-state index contributed by atoms with van der Waals surface area (Å²) in [6.07, 6.45) is 0. The molecule has 0 atom stereocenters. The third kappa shape index (κ3) is 5.83. The van der Waals surface area contributed by atoms with Crippen LogP contribution in [0, 0.1) is 0 Å². The second kappa shape index (κ2) is 13.6. The Balaban J connectivity index is 1.12. The minimum absolute atomic E-state index is 0.620. The number of para-hydroxylation sites is 1. The number of benzene rings is 9. The first-order chi connectivity index (χ1) is 28.2. The summed E-state index contributed by atoms with van der Waals surface area (Å²) in [4.78, 5) is 15.6. The summed E-state index contributed by atoms with van der Waals surface area (Å²) >= 11 is 0. The maximum Gasteiger partial charge on any atom is 0.164 e. The van der Waals surface area contributed by atoms with Gasteiger partial charge in [-0.25, -0.2) is 15.0 Å². The van der Waals surface area contributed by atoms with Gasteiger partial charge in [0.1, 0.15) is 11.2 Å². The van der Waals surface area contributed by atoms with Gasteiger partial charge in [0, 0.05) is 27.5 Å². The van der Waals surface area contributed by atoms with E-state index in [9.17, 15) is 0 Å². The number of hydrogen-bond acceptors (Lipinski definition) is 4. The van der Waals surface area contributed by atoms with Crippen molar-refractivity contribution in [2.24, 2.45) is 0 Å². The standard InChI is InChI=1S/C53H33N3O/c1-3-13-34(14-4-1)37-25-28-38(29-26-37)51-54-52(40-30-27-36-17-7-8-18-39(36)31-40)56-53(55-51)45-23-12-20-42-43(45)21-11-22-44(42)47-32-41(35-15-5-2-6-16-35)33-49-50(47)46-19-9-10-24-48(46)57-49/h1-33H. The van der Waals surface area contributed by atoms with Crippen LogP contribution in [0.1, 0.15) is 0 Å². The number of fused-ring (bicyclic) bond motifs is 5. The van der Waals surface area contributed by atoms with Crippen molar-refractivity contribution < 1.29 is 4.42 Å². The monoisotopic (exact) mass is 727 g/mol. The number of furan rings is 1. The van der Waals surface area contributed by atoms with Crippen LogP contribution < -0.4 is 0 Å². The van der Waals surface area contributed by atoms with Crippen LogP contribution in [0.2, 0.25) is 0 Å². The second-order valence-corrected chi connectivity index (χ2v) is 14.4. The summed E-state index contributed by atoms with van der Waals surface area (Å²) in [5.74, 6) is 1.87. The highest BCUT2D eigenvalue weighted by Gasteiger charge is 2.19. The molecule has 0 spiro atoms. The lowest BCUT2D eigenvalue weighted by Crippen LogP contribution is -2.01. The van der Waals surface area contributed by atoms with E-state index in [-0.39, 0.29) is 0 Å². The van der Waals surface area contributed by atoms with Crippen LogP contribution in [-0.4, -0.2) is 15.0 Å². The molecular formula is C53H33N3O. The molecule has 11 aromatic rings. The Morgan fingerprint density at radius 1 is 0.281 bits per heavy atom. The molecule has 0 fully saturated rings. The Kier molecular flexibility index (Phi) is 7.78. The van der Waals surface area contributed by atoms with Gasteiger partial charge >= 0.3 is 0 Å². The van der Waals surface area contributed by atoms with Gasteiger partial charge in [-0.1, -0.05) is 176 Å². The second-order valence-electron chi connectivity index (χ2n) is 14.4. The molecule has 0 aliphatic carbocycles. The molecule has 0 amide bonds. The number of rotatable bonds is 6. The van der Waals surface area contributed by atoms with Crippen molar-refractivity contribution in [3.05, 3.63) is 200 Å². The van der Waals surface area contributed by atoms with Crippen LogP contribution in [-0.2, 0) is 0 Å². The van der Waals surface area contributed by atoms with Crippen LogP contribution in [0.3, 0.4) is 0 Å². The van der Waals surface area contributed by atoms with Crippen LogP contribution in [0.5, 0.6) is 0 Å². The van der Waals surface area contributed by atoms with Gasteiger partial charge in [0.2, 0.25) is 0 Å². The first-order valence-electron chi connectivity index (χ1n) is 19.2. The summed E-state index contributed by atoms with van der Waals surface area (Å²) < 4.78 is 6.52. The summed E-state index contributed by atoms with van der Waals surface area (Å²) in [5.41, 5.74) is 11.3. The highest BCUT2D eigenvalue weighted by atomic mass is 16.3. The van der Waals surface area contributed by atoms with Crippen molar-refractivity contribution >= 4 is 43.5 Å². The first kappa shape index (κ1) is 32.7. The van der Waals surface area contributed by atoms with Crippen LogP contribution in [0.25, 0.3) is 111 Å². The molecule has 57 heavy (non-hydrogen) atoms. The fourth-order valence-corrected chi connectivity index (χ4v) is 8.13. The van der Waals surface area contributed by atoms with E-state index < -0.39 is 0 Å². The lowest BCUT2D eigenvalue weighted by molar-refractivity contribution is 0.669. The van der Waals surface area contributed by atoms with Gasteiger partial charge in [-0.05, 0) is 79.2 Å². The molecular weight excluding hydrogens is 695 g/mol. The topological polar surface area (TPSA) is 51.8 Å². The van der Waals surface area contributed by atoms with Crippen molar-refractivity contribution in [2.45, 2.75) is 0 Å². The predicted octanol–water partition coefficient (Wildman–Crippen LogP) is 14.1. The largest absolute Gasteiger partial charge is 0.456 e. The molecule has 9 aromatic carbocycles. The van der Waals surface area contributed by atoms with E-state index >= 15 is 0 Å². The predicted molar refractivity (Wildman–Crippen MR) is 235 cm³/mol. The normalized spacial score (nSPS) is 11.5. The summed E-state index contributed by atoms with van der Waals surface area (Å²) in [6.45, 7) is 0. The molecule has 11 rings (SSSR count). The fourth-order valence-electron chi connectivity index (χ4n) is 8.13. The Hall–Kier alpha value is -7.69. The van der Waals surface area contributed by atoms with E-state index in [1.54, 1.807) is 0 Å². The zero-order chi connectivity index (χ0) is 37.7. The third-order valence-corrected chi connectivity index (χ3v) is 10.9. The van der Waals surface area contributed by atoms with Crippen LogP contribution >= 0.6 is 0 Å². The van der Waals surface area contributed by atoms with Crippen molar-refractivity contribution in [2.75, 3.05) is 0 Å². The van der Waals surface area contributed by atoms with Crippen molar-refractivity contribution in [1.29, 1.82) is 0 Å². The van der Waals surface area contributed by atoms with E-state index in [4.69, 9.17) is 19.4 Å². The van der Waals surface area contributed by atoms with Crippen LogP contribution in [0.4, 0.5) is 0 Å². The van der Waals surface area contributed by atoms with Gasteiger partial charge in [0.15, 0.2) is 17.5 Å². The number of aromatic nitrogens is 3. The Morgan fingerprint density at radius 3 is 1.60 bits per heavy atom. The SMILES string of the molecule is c1ccc(-c2ccc(-c3nc(-c4ccc5ccccc5c4)nc(-c4cccc5c(-c6cc(-c7ccccc7)cc7oc8ccccc8c67)cccc45)n3)cc2)cc1. The van der Waals surface area contributed by atoms with E-state index in [0.717, 1.165) is 82.6 Å². The van der Waals surface area contributed by atoms with Gasteiger partial charge in [-0.2, -0.15) is 0 Å². The van der Waals surface area contributed by atoms with E-state index in [2.05, 4.69) is 176 Å². The van der Waals surface area contributed by atoms with Gasteiger partial charge in [-0.3, -0.25) is 0 Å². The minimum Gasteiger partial charge on any atom is -0.456 e. The molecule has 4 nitrogen and oxygen atoms in total. The number of hydrogen-bond donors (Lipinski definition) is 0.